The van der Waals surface area contributed by atoms with Gasteiger partial charge in [-0.05, 0) is 43.2 Å². The number of para-hydroxylation sites is 2. The van der Waals surface area contributed by atoms with Gasteiger partial charge in [0.1, 0.15) is 11.5 Å². The number of rotatable bonds is 4. The summed E-state index contributed by atoms with van der Waals surface area (Å²) in [7, 11) is 0. The molecule has 0 heterocycles. The molecule has 0 saturated carbocycles. The highest BCUT2D eigenvalue weighted by atomic mass is 16.5. The minimum atomic E-state index is -0.443. The van der Waals surface area contributed by atoms with Gasteiger partial charge in [-0.2, -0.15) is 0 Å². The van der Waals surface area contributed by atoms with Crippen LogP contribution in [0.3, 0.4) is 0 Å². The average Bonchev–Trinajstić information content (AvgIpc) is 2.46. The molecule has 0 bridgehead atoms. The number of nitrogens with one attached hydrogen (secondary N) is 2. The Bertz CT molecular complexity index is 641. The highest BCUT2D eigenvalue weighted by Gasteiger charge is 2.06. The number of aromatic hydroxyl groups is 1. The van der Waals surface area contributed by atoms with Crippen LogP contribution in [0.15, 0.2) is 42.5 Å². The van der Waals surface area contributed by atoms with Crippen LogP contribution in [-0.4, -0.2) is 17.9 Å². The minimum absolute atomic E-state index is 0.0168. The number of aryl methyl sites for hydroxylation is 1. The summed E-state index contributed by atoms with van der Waals surface area (Å²) in [5, 5.41) is 14.7. The maximum atomic E-state index is 11.7. The summed E-state index contributed by atoms with van der Waals surface area (Å²) in [6, 6.07) is 11.8. The second-order valence-electron chi connectivity index (χ2n) is 4.63. The molecule has 0 spiro atoms. The lowest BCUT2D eigenvalue weighted by Gasteiger charge is -2.12. The van der Waals surface area contributed by atoms with Crippen molar-refractivity contribution in [3.8, 4) is 11.5 Å². The van der Waals surface area contributed by atoms with Gasteiger partial charge in [-0.1, -0.05) is 24.3 Å². The highest BCUT2D eigenvalue weighted by Crippen LogP contribution is 2.21. The highest BCUT2D eigenvalue weighted by molar-refractivity contribution is 5.90. The standard InChI is InChI=1S/C16H18N2O3/c1-11-6-5-9-15(12(11)2)21-10-17-16(20)18-13-7-3-4-8-14(13)19/h3-9,19H,10H2,1-2H3,(H2,17,18,20). The maximum Gasteiger partial charge on any atom is 0.321 e. The number of phenolic OH excluding ortho intramolecular Hbond substituents is 1. The van der Waals surface area contributed by atoms with Crippen molar-refractivity contribution < 1.29 is 14.6 Å². The molecule has 2 aromatic rings. The van der Waals surface area contributed by atoms with Gasteiger partial charge in [-0.15, -0.1) is 0 Å². The van der Waals surface area contributed by atoms with Crippen molar-refractivity contribution in [2.24, 2.45) is 0 Å². The fourth-order valence-corrected chi connectivity index (χ4v) is 1.81. The fraction of sp³-hybridized carbons (Fsp3) is 0.188. The topological polar surface area (TPSA) is 70.6 Å². The molecule has 2 rings (SSSR count). The molecule has 110 valence electrons. The van der Waals surface area contributed by atoms with Crippen molar-refractivity contribution in [1.82, 2.24) is 5.32 Å². The summed E-state index contributed by atoms with van der Waals surface area (Å²) < 4.78 is 5.52. The molecule has 0 saturated heterocycles. The molecule has 0 aromatic heterocycles. The monoisotopic (exact) mass is 286 g/mol. The number of anilines is 1. The van der Waals surface area contributed by atoms with Gasteiger partial charge in [0.2, 0.25) is 0 Å². The summed E-state index contributed by atoms with van der Waals surface area (Å²) in [5.74, 6) is 0.751. The molecule has 3 N–H and O–H groups in total. The van der Waals surface area contributed by atoms with E-state index >= 15 is 0 Å². The van der Waals surface area contributed by atoms with Gasteiger partial charge in [0.05, 0.1) is 5.69 Å². The number of hydrogen-bond donors (Lipinski definition) is 3. The minimum Gasteiger partial charge on any atom is -0.506 e. The van der Waals surface area contributed by atoms with Crippen molar-refractivity contribution in [2.45, 2.75) is 13.8 Å². The van der Waals surface area contributed by atoms with Crippen LogP contribution < -0.4 is 15.4 Å². The molecule has 0 radical (unpaired) electrons. The van der Waals surface area contributed by atoms with Crippen molar-refractivity contribution in [1.29, 1.82) is 0 Å². The van der Waals surface area contributed by atoms with Crippen LogP contribution in [0.5, 0.6) is 11.5 Å². The van der Waals surface area contributed by atoms with Gasteiger partial charge in [-0.3, -0.25) is 0 Å². The second-order valence-corrected chi connectivity index (χ2v) is 4.63. The van der Waals surface area contributed by atoms with Crippen molar-refractivity contribution in [3.63, 3.8) is 0 Å². The normalized spacial score (nSPS) is 10.0. The molecule has 5 heteroatoms. The van der Waals surface area contributed by atoms with Gasteiger partial charge in [-0.25, -0.2) is 4.79 Å². The predicted octanol–water partition coefficient (Wildman–Crippen LogP) is 3.17. The molecular weight excluding hydrogens is 268 g/mol. The van der Waals surface area contributed by atoms with E-state index in [9.17, 15) is 9.90 Å². The molecule has 0 aliphatic rings. The van der Waals surface area contributed by atoms with E-state index in [4.69, 9.17) is 4.74 Å². The van der Waals surface area contributed by atoms with Crippen LogP contribution in [0.4, 0.5) is 10.5 Å². The largest absolute Gasteiger partial charge is 0.506 e. The summed E-state index contributed by atoms with van der Waals surface area (Å²) >= 11 is 0. The zero-order chi connectivity index (χ0) is 15.2. The van der Waals surface area contributed by atoms with Crippen LogP contribution in [0.25, 0.3) is 0 Å². The molecule has 0 aliphatic carbocycles. The Balaban J connectivity index is 1.85. The summed E-state index contributed by atoms with van der Waals surface area (Å²) in [5.41, 5.74) is 2.52. The number of urea groups is 1. The smallest absolute Gasteiger partial charge is 0.321 e. The molecule has 0 fully saturated rings. The first-order valence-electron chi connectivity index (χ1n) is 6.60. The van der Waals surface area contributed by atoms with Crippen LogP contribution in [0.2, 0.25) is 0 Å². The average molecular weight is 286 g/mol. The number of hydrogen-bond acceptors (Lipinski definition) is 3. The zero-order valence-corrected chi connectivity index (χ0v) is 12.0. The van der Waals surface area contributed by atoms with E-state index in [0.29, 0.717) is 5.69 Å². The molecule has 0 atom stereocenters. The Morgan fingerprint density at radius 2 is 1.90 bits per heavy atom. The Labute approximate surface area is 123 Å². The van der Waals surface area contributed by atoms with Crippen LogP contribution in [-0.2, 0) is 0 Å². The van der Waals surface area contributed by atoms with Gasteiger partial charge in [0.15, 0.2) is 6.73 Å². The van der Waals surface area contributed by atoms with Crippen LogP contribution in [0.1, 0.15) is 11.1 Å². The first-order chi connectivity index (χ1) is 10.1. The molecule has 0 aliphatic heterocycles. The number of phenols is 1. The van der Waals surface area contributed by atoms with Gasteiger partial charge in [0.25, 0.3) is 0 Å². The van der Waals surface area contributed by atoms with Crippen molar-refractivity contribution >= 4 is 11.7 Å². The third-order valence-electron chi connectivity index (χ3n) is 3.17. The Morgan fingerprint density at radius 1 is 1.14 bits per heavy atom. The summed E-state index contributed by atoms with van der Waals surface area (Å²) in [6.45, 7) is 4.01. The lowest BCUT2D eigenvalue weighted by molar-refractivity contribution is 0.234. The zero-order valence-electron chi connectivity index (χ0n) is 12.0. The number of benzene rings is 2. The van der Waals surface area contributed by atoms with E-state index in [1.807, 2.05) is 32.0 Å². The second kappa shape index (κ2) is 6.65. The Morgan fingerprint density at radius 3 is 2.67 bits per heavy atom. The lowest BCUT2D eigenvalue weighted by Crippen LogP contribution is -2.32. The van der Waals surface area contributed by atoms with E-state index in [0.717, 1.165) is 16.9 Å². The number of carbonyl (C=O) groups is 1. The third-order valence-corrected chi connectivity index (χ3v) is 3.17. The molecule has 21 heavy (non-hydrogen) atoms. The third kappa shape index (κ3) is 3.89. The molecule has 2 amide bonds. The summed E-state index contributed by atoms with van der Waals surface area (Å²) in [4.78, 5) is 11.7. The number of carbonyl (C=O) groups excluding carboxylic acids is 1. The van der Waals surface area contributed by atoms with E-state index in [1.54, 1.807) is 18.2 Å². The van der Waals surface area contributed by atoms with E-state index < -0.39 is 6.03 Å². The first-order valence-corrected chi connectivity index (χ1v) is 6.60. The van der Waals surface area contributed by atoms with Crippen molar-refractivity contribution in [3.05, 3.63) is 53.6 Å². The molecule has 0 unspecified atom stereocenters. The van der Waals surface area contributed by atoms with Gasteiger partial charge >= 0.3 is 6.03 Å². The molecule has 5 nitrogen and oxygen atoms in total. The van der Waals surface area contributed by atoms with Gasteiger partial charge in [0, 0.05) is 0 Å². The van der Waals surface area contributed by atoms with E-state index in [1.165, 1.54) is 6.07 Å². The fourth-order valence-electron chi connectivity index (χ4n) is 1.81. The number of amides is 2. The number of ether oxygens (including phenoxy) is 1. The van der Waals surface area contributed by atoms with E-state index in [2.05, 4.69) is 10.6 Å². The quantitative estimate of drug-likeness (QED) is 0.597. The maximum absolute atomic E-state index is 11.7. The lowest BCUT2D eigenvalue weighted by atomic mass is 10.1. The SMILES string of the molecule is Cc1cccc(OCNC(=O)Nc2ccccc2O)c1C. The molecule has 2 aromatic carbocycles. The first kappa shape index (κ1) is 14.7. The van der Waals surface area contributed by atoms with Gasteiger partial charge < -0.3 is 20.5 Å². The Hall–Kier alpha value is -2.69. The van der Waals surface area contributed by atoms with E-state index in [-0.39, 0.29) is 12.5 Å². The predicted molar refractivity (Wildman–Crippen MR) is 81.7 cm³/mol. The Kier molecular flexibility index (Phi) is 4.66. The molecular formula is C16H18N2O3. The summed E-state index contributed by atoms with van der Waals surface area (Å²) in [6.07, 6.45) is 0. The van der Waals surface area contributed by atoms with Crippen LogP contribution in [0, 0.1) is 13.8 Å². The van der Waals surface area contributed by atoms with Crippen LogP contribution >= 0.6 is 0 Å². The van der Waals surface area contributed by atoms with Crippen molar-refractivity contribution in [2.75, 3.05) is 12.0 Å².